The maximum atomic E-state index is 12.9. The monoisotopic (exact) mass is 381 g/mol. The minimum absolute atomic E-state index is 0.0652. The number of nitrogens with two attached hydrogens (primary N) is 1. The number of carbonyl (C=O) groups is 2. The third kappa shape index (κ3) is 4.13. The summed E-state index contributed by atoms with van der Waals surface area (Å²) in [5.74, 6) is 1.65. The van der Waals surface area contributed by atoms with E-state index in [0.717, 1.165) is 25.9 Å². The average Bonchev–Trinajstić information content (AvgIpc) is 3.11. The molecule has 2 fully saturated rings. The van der Waals surface area contributed by atoms with Gasteiger partial charge in [0.1, 0.15) is 6.04 Å². The van der Waals surface area contributed by atoms with Crippen LogP contribution in [-0.2, 0) is 4.79 Å². The van der Waals surface area contributed by atoms with Crippen LogP contribution < -0.4 is 5.73 Å². The first kappa shape index (κ1) is 18.5. The summed E-state index contributed by atoms with van der Waals surface area (Å²) in [5.41, 5.74) is 6.55. The third-order valence-corrected chi connectivity index (χ3v) is 6.38. The lowest BCUT2D eigenvalue weighted by molar-refractivity contribution is -0.136. The molecule has 0 spiro atoms. The molecule has 2 unspecified atom stereocenters. The van der Waals surface area contributed by atoms with Crippen LogP contribution in [0, 0.1) is 5.92 Å². The molecule has 3 rings (SSSR count). The molecule has 0 bridgehead atoms. The molecule has 1 aromatic carbocycles. The summed E-state index contributed by atoms with van der Waals surface area (Å²) in [6, 6.07) is 6.62. The van der Waals surface area contributed by atoms with Gasteiger partial charge >= 0.3 is 0 Å². The summed E-state index contributed by atoms with van der Waals surface area (Å²) in [7, 11) is 0. The molecule has 25 heavy (non-hydrogen) atoms. The minimum atomic E-state index is -0.375. The number of amides is 2. The predicted molar refractivity (Wildman–Crippen MR) is 102 cm³/mol. The zero-order valence-corrected chi connectivity index (χ0v) is 15.9. The van der Waals surface area contributed by atoms with Crippen LogP contribution in [0.4, 0.5) is 0 Å². The lowest BCUT2D eigenvalue weighted by atomic mass is 9.90. The van der Waals surface area contributed by atoms with E-state index in [0.29, 0.717) is 28.1 Å². The highest BCUT2D eigenvalue weighted by Gasteiger charge is 2.38. The van der Waals surface area contributed by atoms with E-state index in [1.54, 1.807) is 40.9 Å². The number of hydrogen-bond donors (Lipinski definition) is 1. The van der Waals surface area contributed by atoms with Gasteiger partial charge in [0, 0.05) is 35.5 Å². The van der Waals surface area contributed by atoms with Crippen LogP contribution in [0.25, 0.3) is 0 Å². The molecule has 7 heteroatoms. The molecule has 2 atom stereocenters. The lowest BCUT2D eigenvalue weighted by Crippen LogP contribution is -2.51. The van der Waals surface area contributed by atoms with Gasteiger partial charge in [0.2, 0.25) is 5.91 Å². The number of piperidine rings is 1. The standard InChI is InChI=1S/C18H24ClN3O2S/c1-12(20)13-6-8-21(9-7-13)18(24)16-10-25-11-22(16)17(23)14-2-4-15(19)5-3-14/h2-5,12-13,16H,6-11,20H2,1H3. The number of rotatable bonds is 3. The van der Waals surface area contributed by atoms with Crippen LogP contribution in [0.5, 0.6) is 0 Å². The normalized spacial score (nSPS) is 22.9. The molecule has 2 aliphatic rings. The first-order chi connectivity index (χ1) is 12.0. The Morgan fingerprint density at radius 1 is 1.24 bits per heavy atom. The number of halogens is 1. The fourth-order valence-corrected chi connectivity index (χ4v) is 4.73. The Morgan fingerprint density at radius 3 is 2.48 bits per heavy atom. The van der Waals surface area contributed by atoms with E-state index in [1.165, 1.54) is 0 Å². The Morgan fingerprint density at radius 2 is 1.88 bits per heavy atom. The fraction of sp³-hybridized carbons (Fsp3) is 0.556. The molecule has 2 heterocycles. The quantitative estimate of drug-likeness (QED) is 0.873. The number of benzene rings is 1. The molecule has 2 N–H and O–H groups in total. The summed E-state index contributed by atoms with van der Waals surface area (Å²) in [5, 5.41) is 0.594. The van der Waals surface area contributed by atoms with Crippen LogP contribution in [0.15, 0.2) is 24.3 Å². The van der Waals surface area contributed by atoms with Crippen molar-refractivity contribution in [3.05, 3.63) is 34.9 Å². The van der Waals surface area contributed by atoms with Gasteiger partial charge in [0.15, 0.2) is 0 Å². The van der Waals surface area contributed by atoms with Crippen molar-refractivity contribution in [2.45, 2.75) is 31.8 Å². The van der Waals surface area contributed by atoms with E-state index in [1.807, 2.05) is 11.8 Å². The second kappa shape index (κ2) is 7.98. The maximum absolute atomic E-state index is 12.9. The largest absolute Gasteiger partial charge is 0.341 e. The van der Waals surface area contributed by atoms with Crippen molar-refractivity contribution in [1.29, 1.82) is 0 Å². The smallest absolute Gasteiger partial charge is 0.255 e. The molecule has 0 saturated carbocycles. The van der Waals surface area contributed by atoms with Crippen LogP contribution in [-0.4, -0.2) is 58.4 Å². The summed E-state index contributed by atoms with van der Waals surface area (Å²) in [6.45, 7) is 3.49. The van der Waals surface area contributed by atoms with Gasteiger partial charge < -0.3 is 15.5 Å². The zero-order valence-electron chi connectivity index (χ0n) is 14.4. The lowest BCUT2D eigenvalue weighted by Gasteiger charge is -2.36. The second-order valence-corrected chi connectivity index (χ2v) is 8.26. The summed E-state index contributed by atoms with van der Waals surface area (Å²) in [4.78, 5) is 29.3. The Kier molecular flexibility index (Phi) is 5.92. The molecule has 2 saturated heterocycles. The van der Waals surface area contributed by atoms with Gasteiger partial charge in [-0.05, 0) is 49.9 Å². The third-order valence-electron chi connectivity index (χ3n) is 5.11. The number of likely N-dealkylation sites (tertiary alicyclic amines) is 1. The Bertz CT molecular complexity index is 630. The highest BCUT2D eigenvalue weighted by atomic mass is 35.5. The molecule has 5 nitrogen and oxygen atoms in total. The summed E-state index contributed by atoms with van der Waals surface area (Å²) in [6.07, 6.45) is 1.88. The van der Waals surface area contributed by atoms with E-state index < -0.39 is 0 Å². The van der Waals surface area contributed by atoms with Crippen molar-refractivity contribution in [2.24, 2.45) is 11.7 Å². The van der Waals surface area contributed by atoms with Crippen molar-refractivity contribution in [1.82, 2.24) is 9.80 Å². The topological polar surface area (TPSA) is 66.6 Å². The number of hydrogen-bond acceptors (Lipinski definition) is 4. The van der Waals surface area contributed by atoms with Crippen LogP contribution in [0.2, 0.25) is 5.02 Å². The maximum Gasteiger partial charge on any atom is 0.255 e. The average molecular weight is 382 g/mol. The van der Waals surface area contributed by atoms with Gasteiger partial charge in [-0.3, -0.25) is 9.59 Å². The molecule has 2 aliphatic heterocycles. The van der Waals surface area contributed by atoms with Crippen LogP contribution in [0.3, 0.4) is 0 Å². The zero-order chi connectivity index (χ0) is 18.0. The Labute approximate surface area is 157 Å². The molecule has 0 aromatic heterocycles. The van der Waals surface area contributed by atoms with Crippen molar-refractivity contribution < 1.29 is 9.59 Å². The van der Waals surface area contributed by atoms with Crippen molar-refractivity contribution >= 4 is 35.2 Å². The van der Waals surface area contributed by atoms with E-state index >= 15 is 0 Å². The molecule has 1 aromatic rings. The number of carbonyl (C=O) groups excluding carboxylic acids is 2. The Hall–Kier alpha value is -1.24. The molecule has 136 valence electrons. The van der Waals surface area contributed by atoms with Gasteiger partial charge in [-0.15, -0.1) is 11.8 Å². The summed E-state index contributed by atoms with van der Waals surface area (Å²) < 4.78 is 0. The molecule has 0 radical (unpaired) electrons. The van der Waals surface area contributed by atoms with Gasteiger partial charge in [0.05, 0.1) is 5.88 Å². The van der Waals surface area contributed by atoms with Crippen molar-refractivity contribution in [2.75, 3.05) is 24.7 Å². The molecule has 0 aliphatic carbocycles. The van der Waals surface area contributed by atoms with Crippen molar-refractivity contribution in [3.8, 4) is 0 Å². The minimum Gasteiger partial charge on any atom is -0.341 e. The Balaban J connectivity index is 1.66. The van der Waals surface area contributed by atoms with E-state index in [4.69, 9.17) is 17.3 Å². The van der Waals surface area contributed by atoms with E-state index in [9.17, 15) is 9.59 Å². The van der Waals surface area contributed by atoms with Gasteiger partial charge in [-0.25, -0.2) is 0 Å². The van der Waals surface area contributed by atoms with Gasteiger partial charge in [-0.1, -0.05) is 11.6 Å². The molecule has 2 amide bonds. The molecular weight excluding hydrogens is 358 g/mol. The first-order valence-electron chi connectivity index (χ1n) is 8.66. The highest BCUT2D eigenvalue weighted by Crippen LogP contribution is 2.27. The van der Waals surface area contributed by atoms with E-state index in [-0.39, 0.29) is 23.9 Å². The second-order valence-electron chi connectivity index (χ2n) is 6.82. The SMILES string of the molecule is CC(N)C1CCN(C(=O)C2CSCN2C(=O)c2ccc(Cl)cc2)CC1. The fourth-order valence-electron chi connectivity index (χ4n) is 3.46. The van der Waals surface area contributed by atoms with Gasteiger partial charge in [-0.2, -0.15) is 0 Å². The first-order valence-corrected chi connectivity index (χ1v) is 10.2. The predicted octanol–water partition coefficient (Wildman–Crippen LogP) is 2.44. The number of nitrogens with zero attached hydrogens (tertiary/aromatic N) is 2. The number of thioether (sulfide) groups is 1. The van der Waals surface area contributed by atoms with E-state index in [2.05, 4.69) is 0 Å². The summed E-state index contributed by atoms with van der Waals surface area (Å²) >= 11 is 7.52. The van der Waals surface area contributed by atoms with Crippen LogP contribution in [0.1, 0.15) is 30.1 Å². The van der Waals surface area contributed by atoms with Gasteiger partial charge in [0.25, 0.3) is 5.91 Å². The van der Waals surface area contributed by atoms with Crippen LogP contribution >= 0.6 is 23.4 Å². The van der Waals surface area contributed by atoms with Crippen molar-refractivity contribution in [3.63, 3.8) is 0 Å². The highest BCUT2D eigenvalue weighted by molar-refractivity contribution is 7.99. The molecular formula is C18H24ClN3O2S.